The first-order valence-corrected chi connectivity index (χ1v) is 6.46. The lowest BCUT2D eigenvalue weighted by molar-refractivity contribution is 0.415. The molecular formula is C17H15NO2. The fraction of sp³-hybridized carbons (Fsp3) is 0.118. The van der Waals surface area contributed by atoms with Crippen molar-refractivity contribution in [1.82, 2.24) is 4.98 Å². The molecule has 0 aliphatic rings. The SMILES string of the molecule is COc1cccc(-c2cc3c(C)cccc3c(=O)[nH]2)c1. The minimum Gasteiger partial charge on any atom is -0.497 e. The molecule has 0 unspecified atom stereocenters. The highest BCUT2D eigenvalue weighted by Crippen LogP contribution is 2.24. The molecule has 0 saturated carbocycles. The van der Waals surface area contributed by atoms with Crippen LogP contribution in [0.1, 0.15) is 5.56 Å². The lowest BCUT2D eigenvalue weighted by Crippen LogP contribution is -2.07. The number of hydrogen-bond acceptors (Lipinski definition) is 2. The topological polar surface area (TPSA) is 42.1 Å². The van der Waals surface area contributed by atoms with Crippen LogP contribution in [-0.4, -0.2) is 12.1 Å². The van der Waals surface area contributed by atoms with E-state index in [-0.39, 0.29) is 5.56 Å². The van der Waals surface area contributed by atoms with Gasteiger partial charge in [-0.1, -0.05) is 24.3 Å². The summed E-state index contributed by atoms with van der Waals surface area (Å²) >= 11 is 0. The van der Waals surface area contributed by atoms with E-state index in [0.29, 0.717) is 0 Å². The van der Waals surface area contributed by atoms with Gasteiger partial charge in [0, 0.05) is 16.6 Å². The van der Waals surface area contributed by atoms with E-state index in [4.69, 9.17) is 4.74 Å². The summed E-state index contributed by atoms with van der Waals surface area (Å²) in [6.45, 7) is 2.01. The zero-order chi connectivity index (χ0) is 14.1. The average molecular weight is 265 g/mol. The van der Waals surface area contributed by atoms with E-state index in [9.17, 15) is 4.79 Å². The number of pyridine rings is 1. The smallest absolute Gasteiger partial charge is 0.256 e. The number of nitrogens with one attached hydrogen (secondary N) is 1. The normalized spacial score (nSPS) is 10.7. The molecule has 1 heterocycles. The maximum atomic E-state index is 12.2. The predicted molar refractivity (Wildman–Crippen MR) is 81.3 cm³/mol. The van der Waals surface area contributed by atoms with E-state index in [0.717, 1.165) is 33.3 Å². The molecule has 1 N–H and O–H groups in total. The van der Waals surface area contributed by atoms with Gasteiger partial charge in [-0.25, -0.2) is 0 Å². The highest BCUT2D eigenvalue weighted by molar-refractivity contribution is 5.87. The van der Waals surface area contributed by atoms with Crippen molar-refractivity contribution in [3.05, 3.63) is 64.4 Å². The fourth-order valence-corrected chi connectivity index (χ4v) is 2.39. The highest BCUT2D eigenvalue weighted by Gasteiger charge is 2.06. The quantitative estimate of drug-likeness (QED) is 0.770. The van der Waals surface area contributed by atoms with Crippen LogP contribution in [0.2, 0.25) is 0 Å². The number of hydrogen-bond donors (Lipinski definition) is 1. The fourth-order valence-electron chi connectivity index (χ4n) is 2.39. The second-order valence-corrected chi connectivity index (χ2v) is 4.78. The molecule has 3 heteroatoms. The zero-order valence-electron chi connectivity index (χ0n) is 11.4. The van der Waals surface area contributed by atoms with Gasteiger partial charge in [0.2, 0.25) is 0 Å². The number of benzene rings is 2. The minimum absolute atomic E-state index is 0.0657. The second-order valence-electron chi connectivity index (χ2n) is 4.78. The van der Waals surface area contributed by atoms with Crippen LogP contribution in [0.25, 0.3) is 22.0 Å². The van der Waals surface area contributed by atoms with Gasteiger partial charge in [0.15, 0.2) is 0 Å². The minimum atomic E-state index is -0.0657. The summed E-state index contributed by atoms with van der Waals surface area (Å²) in [6, 6.07) is 15.4. The van der Waals surface area contributed by atoms with E-state index in [1.807, 2.05) is 55.5 Å². The number of ether oxygens (including phenoxy) is 1. The summed E-state index contributed by atoms with van der Waals surface area (Å²) in [5.74, 6) is 0.772. The Hall–Kier alpha value is -2.55. The maximum Gasteiger partial charge on any atom is 0.256 e. The van der Waals surface area contributed by atoms with Crippen molar-refractivity contribution in [2.45, 2.75) is 6.92 Å². The Kier molecular flexibility index (Phi) is 3.03. The number of aromatic nitrogens is 1. The summed E-state index contributed by atoms with van der Waals surface area (Å²) in [5, 5.41) is 1.70. The van der Waals surface area contributed by atoms with Crippen LogP contribution in [0.4, 0.5) is 0 Å². The molecule has 3 aromatic rings. The van der Waals surface area contributed by atoms with Crippen molar-refractivity contribution in [2.24, 2.45) is 0 Å². The Morgan fingerprint density at radius 2 is 1.80 bits per heavy atom. The Balaban J connectivity index is 2.27. The van der Waals surface area contributed by atoms with Crippen molar-refractivity contribution < 1.29 is 4.74 Å². The van der Waals surface area contributed by atoms with Gasteiger partial charge in [0.1, 0.15) is 5.75 Å². The van der Waals surface area contributed by atoms with Gasteiger partial charge in [-0.3, -0.25) is 4.79 Å². The van der Waals surface area contributed by atoms with E-state index in [2.05, 4.69) is 4.98 Å². The van der Waals surface area contributed by atoms with Crippen LogP contribution >= 0.6 is 0 Å². The van der Waals surface area contributed by atoms with Crippen molar-refractivity contribution in [3.63, 3.8) is 0 Å². The molecule has 1 aromatic heterocycles. The standard InChI is InChI=1S/C17H15NO2/c1-11-5-3-8-14-15(11)10-16(18-17(14)19)12-6-4-7-13(9-12)20-2/h3-10H,1-2H3,(H,18,19). The summed E-state index contributed by atoms with van der Waals surface area (Å²) in [7, 11) is 1.63. The van der Waals surface area contributed by atoms with Crippen molar-refractivity contribution in [2.75, 3.05) is 7.11 Å². The van der Waals surface area contributed by atoms with Crippen molar-refractivity contribution >= 4 is 10.8 Å². The monoisotopic (exact) mass is 265 g/mol. The van der Waals surface area contributed by atoms with Gasteiger partial charge in [0.05, 0.1) is 7.11 Å². The lowest BCUT2D eigenvalue weighted by Gasteiger charge is -2.07. The molecule has 0 aliphatic heterocycles. The van der Waals surface area contributed by atoms with E-state index < -0.39 is 0 Å². The Morgan fingerprint density at radius 3 is 2.60 bits per heavy atom. The first-order chi connectivity index (χ1) is 9.69. The predicted octanol–water partition coefficient (Wildman–Crippen LogP) is 3.51. The summed E-state index contributed by atoms with van der Waals surface area (Å²) < 4.78 is 5.23. The Bertz CT molecular complexity index is 834. The third kappa shape index (κ3) is 2.07. The molecule has 3 nitrogen and oxygen atoms in total. The third-order valence-electron chi connectivity index (χ3n) is 3.49. The van der Waals surface area contributed by atoms with Crippen molar-refractivity contribution in [3.8, 4) is 17.0 Å². The van der Waals surface area contributed by atoms with Crippen LogP contribution in [0, 0.1) is 6.92 Å². The van der Waals surface area contributed by atoms with Gasteiger partial charge in [-0.15, -0.1) is 0 Å². The summed E-state index contributed by atoms with van der Waals surface area (Å²) in [6.07, 6.45) is 0. The number of rotatable bonds is 2. The number of methoxy groups -OCH3 is 1. The molecule has 0 bridgehead atoms. The van der Waals surface area contributed by atoms with Gasteiger partial charge in [-0.05, 0) is 42.1 Å². The van der Waals surface area contributed by atoms with E-state index in [1.54, 1.807) is 7.11 Å². The van der Waals surface area contributed by atoms with E-state index in [1.165, 1.54) is 0 Å². The summed E-state index contributed by atoms with van der Waals surface area (Å²) in [5.41, 5.74) is 2.77. The lowest BCUT2D eigenvalue weighted by atomic mass is 10.0. The molecule has 3 rings (SSSR count). The highest BCUT2D eigenvalue weighted by atomic mass is 16.5. The molecular weight excluding hydrogens is 250 g/mol. The third-order valence-corrected chi connectivity index (χ3v) is 3.49. The second kappa shape index (κ2) is 4.85. The van der Waals surface area contributed by atoms with Gasteiger partial charge in [0.25, 0.3) is 5.56 Å². The molecule has 0 spiro atoms. The Morgan fingerprint density at radius 1 is 1.00 bits per heavy atom. The van der Waals surface area contributed by atoms with Crippen molar-refractivity contribution in [1.29, 1.82) is 0 Å². The zero-order valence-corrected chi connectivity index (χ0v) is 11.4. The molecule has 0 aliphatic carbocycles. The number of aryl methyl sites for hydroxylation is 1. The van der Waals surface area contributed by atoms with Gasteiger partial charge >= 0.3 is 0 Å². The van der Waals surface area contributed by atoms with Gasteiger partial charge in [-0.2, -0.15) is 0 Å². The maximum absolute atomic E-state index is 12.2. The Labute approximate surface area is 116 Å². The molecule has 0 radical (unpaired) electrons. The molecule has 0 fully saturated rings. The van der Waals surface area contributed by atoms with Gasteiger partial charge < -0.3 is 9.72 Å². The first-order valence-electron chi connectivity index (χ1n) is 6.46. The molecule has 0 saturated heterocycles. The molecule has 0 atom stereocenters. The average Bonchev–Trinajstić information content (AvgIpc) is 2.48. The number of H-pyrrole nitrogens is 1. The van der Waals surface area contributed by atoms with Crippen LogP contribution in [0.15, 0.2) is 53.3 Å². The van der Waals surface area contributed by atoms with Crippen LogP contribution in [0.3, 0.4) is 0 Å². The molecule has 20 heavy (non-hydrogen) atoms. The van der Waals surface area contributed by atoms with E-state index >= 15 is 0 Å². The van der Waals surface area contributed by atoms with Crippen LogP contribution < -0.4 is 10.3 Å². The summed E-state index contributed by atoms with van der Waals surface area (Å²) in [4.78, 5) is 15.1. The van der Waals surface area contributed by atoms with Crippen LogP contribution in [0.5, 0.6) is 5.75 Å². The first kappa shape index (κ1) is 12.5. The molecule has 0 amide bonds. The number of fused-ring (bicyclic) bond motifs is 1. The largest absolute Gasteiger partial charge is 0.497 e. The molecule has 100 valence electrons. The van der Waals surface area contributed by atoms with Crippen LogP contribution in [-0.2, 0) is 0 Å². The molecule has 2 aromatic carbocycles. The number of aromatic amines is 1.